The first-order valence-electron chi connectivity index (χ1n) is 3.93. The van der Waals surface area contributed by atoms with E-state index in [1.807, 2.05) is 0 Å². The molecule has 2 nitrogen and oxygen atoms in total. The van der Waals surface area contributed by atoms with E-state index in [9.17, 15) is 4.79 Å². The zero-order valence-corrected chi connectivity index (χ0v) is 7.13. The third-order valence-corrected chi connectivity index (χ3v) is 1.92. The van der Waals surface area contributed by atoms with Gasteiger partial charge in [-0.15, -0.1) is 0 Å². The predicted octanol–water partition coefficient (Wildman–Crippen LogP) is 2.29. The predicted molar refractivity (Wildman–Crippen MR) is 47.8 cm³/mol. The molecule has 0 spiro atoms. The molecule has 0 aliphatic heterocycles. The minimum Gasteiger partial charge on any atom is -0.508 e. The summed E-state index contributed by atoms with van der Waals surface area (Å²) in [6.07, 6.45) is 4.28. The largest absolute Gasteiger partial charge is 0.508 e. The van der Waals surface area contributed by atoms with Gasteiger partial charge in [0, 0.05) is 12.0 Å². The standard InChI is InChI=1S/C10H12O2/c1-3-8(11)6-9-7(2)4-5-10(9)12/h3,6,11H,2,4-5H2,1H3/b8-3+,9-6+. The first kappa shape index (κ1) is 8.78. The molecule has 0 heterocycles. The molecule has 1 N–H and O–H groups in total. The van der Waals surface area contributed by atoms with Gasteiger partial charge < -0.3 is 5.11 Å². The van der Waals surface area contributed by atoms with Crippen LogP contribution in [0.3, 0.4) is 0 Å². The molecule has 0 atom stereocenters. The van der Waals surface area contributed by atoms with Crippen molar-refractivity contribution < 1.29 is 9.90 Å². The second-order valence-electron chi connectivity index (χ2n) is 2.80. The minimum absolute atomic E-state index is 0.0772. The number of hydrogen-bond donors (Lipinski definition) is 1. The summed E-state index contributed by atoms with van der Waals surface area (Å²) in [5.74, 6) is 0.204. The first-order valence-corrected chi connectivity index (χ1v) is 3.93. The number of hydrogen-bond acceptors (Lipinski definition) is 2. The molecule has 0 amide bonds. The first-order chi connectivity index (χ1) is 5.65. The van der Waals surface area contributed by atoms with Crippen LogP contribution in [0.4, 0.5) is 0 Å². The Hall–Kier alpha value is -1.31. The van der Waals surface area contributed by atoms with Crippen LogP contribution in [0.25, 0.3) is 0 Å². The molecule has 1 fully saturated rings. The van der Waals surface area contributed by atoms with Crippen molar-refractivity contribution in [1.82, 2.24) is 0 Å². The van der Waals surface area contributed by atoms with Crippen LogP contribution in [0.2, 0.25) is 0 Å². The Balaban J connectivity index is 2.93. The van der Waals surface area contributed by atoms with Gasteiger partial charge in [-0.05, 0) is 31.1 Å². The highest BCUT2D eigenvalue weighted by atomic mass is 16.3. The summed E-state index contributed by atoms with van der Waals surface area (Å²) in [5.41, 5.74) is 1.40. The Bertz CT molecular complexity index is 264. The van der Waals surface area contributed by atoms with Gasteiger partial charge in [-0.25, -0.2) is 0 Å². The van der Waals surface area contributed by atoms with Gasteiger partial charge in [-0.1, -0.05) is 6.58 Å². The number of rotatable bonds is 1. The van der Waals surface area contributed by atoms with Crippen LogP contribution in [0.1, 0.15) is 19.8 Å². The fraction of sp³-hybridized carbons (Fsp3) is 0.300. The van der Waals surface area contributed by atoms with E-state index in [1.54, 1.807) is 13.0 Å². The summed E-state index contributed by atoms with van der Waals surface area (Å²) < 4.78 is 0. The van der Waals surface area contributed by atoms with Gasteiger partial charge in [0.15, 0.2) is 5.78 Å². The molecule has 0 aromatic carbocycles. The summed E-state index contributed by atoms with van der Waals surface area (Å²) in [6.45, 7) is 5.46. The van der Waals surface area contributed by atoms with Gasteiger partial charge in [0.25, 0.3) is 0 Å². The van der Waals surface area contributed by atoms with Crippen molar-refractivity contribution in [2.75, 3.05) is 0 Å². The fourth-order valence-electron chi connectivity index (χ4n) is 1.14. The molecule has 1 rings (SSSR count). The van der Waals surface area contributed by atoms with E-state index in [0.29, 0.717) is 12.0 Å². The molecule has 0 saturated heterocycles. The van der Waals surface area contributed by atoms with Crippen molar-refractivity contribution in [3.8, 4) is 0 Å². The number of aliphatic hydroxyl groups excluding tert-OH is 1. The van der Waals surface area contributed by atoms with Gasteiger partial charge in [-0.2, -0.15) is 0 Å². The Kier molecular flexibility index (Phi) is 2.48. The lowest BCUT2D eigenvalue weighted by atomic mass is 10.1. The molecular formula is C10H12O2. The molecule has 1 aliphatic carbocycles. The lowest BCUT2D eigenvalue weighted by Crippen LogP contribution is -1.93. The Morgan fingerprint density at radius 1 is 1.58 bits per heavy atom. The zero-order valence-electron chi connectivity index (χ0n) is 7.13. The normalized spacial score (nSPS) is 22.4. The number of aliphatic hydroxyl groups is 1. The monoisotopic (exact) mass is 164 g/mol. The molecule has 0 unspecified atom stereocenters. The maximum atomic E-state index is 11.2. The maximum Gasteiger partial charge on any atom is 0.163 e. The molecule has 1 saturated carbocycles. The summed E-state index contributed by atoms with van der Waals surface area (Å²) in [7, 11) is 0. The van der Waals surface area contributed by atoms with Crippen LogP contribution < -0.4 is 0 Å². The topological polar surface area (TPSA) is 37.3 Å². The third kappa shape index (κ3) is 1.64. The lowest BCUT2D eigenvalue weighted by Gasteiger charge is -1.95. The van der Waals surface area contributed by atoms with Crippen molar-refractivity contribution in [3.63, 3.8) is 0 Å². The van der Waals surface area contributed by atoms with Crippen LogP contribution in [-0.2, 0) is 4.79 Å². The van der Waals surface area contributed by atoms with Crippen LogP contribution in [0, 0.1) is 0 Å². The van der Waals surface area contributed by atoms with Crippen molar-refractivity contribution in [2.45, 2.75) is 19.8 Å². The second-order valence-corrected chi connectivity index (χ2v) is 2.80. The van der Waals surface area contributed by atoms with Crippen LogP contribution in [-0.4, -0.2) is 10.9 Å². The lowest BCUT2D eigenvalue weighted by molar-refractivity contribution is -0.114. The molecule has 64 valence electrons. The smallest absolute Gasteiger partial charge is 0.163 e. The maximum absolute atomic E-state index is 11.2. The highest BCUT2D eigenvalue weighted by molar-refractivity contribution is 6.02. The van der Waals surface area contributed by atoms with Gasteiger partial charge in [0.05, 0.1) is 0 Å². The Morgan fingerprint density at radius 3 is 2.67 bits per heavy atom. The summed E-state index contributed by atoms with van der Waals surface area (Å²) in [6, 6.07) is 0. The minimum atomic E-state index is 0.0772. The molecule has 0 bridgehead atoms. The SMILES string of the molecule is C=C1CCC(=O)/C1=C/C(O)=C\C. The van der Waals surface area contributed by atoms with E-state index in [4.69, 9.17) is 5.11 Å². The van der Waals surface area contributed by atoms with E-state index in [0.717, 1.165) is 12.0 Å². The zero-order chi connectivity index (χ0) is 9.14. The van der Waals surface area contributed by atoms with Gasteiger partial charge in [-0.3, -0.25) is 4.79 Å². The average molecular weight is 164 g/mol. The number of Topliss-reactive ketones (excluding diaryl/α,β-unsaturated/α-hetero) is 1. The highest BCUT2D eigenvalue weighted by Gasteiger charge is 2.20. The summed E-state index contributed by atoms with van der Waals surface area (Å²) in [4.78, 5) is 11.2. The third-order valence-electron chi connectivity index (χ3n) is 1.92. The van der Waals surface area contributed by atoms with Crippen molar-refractivity contribution in [1.29, 1.82) is 0 Å². The van der Waals surface area contributed by atoms with E-state index < -0.39 is 0 Å². The summed E-state index contributed by atoms with van der Waals surface area (Å²) >= 11 is 0. The van der Waals surface area contributed by atoms with E-state index in [2.05, 4.69) is 6.58 Å². The molecule has 2 heteroatoms. The molecule has 1 aliphatic rings. The van der Waals surface area contributed by atoms with Gasteiger partial charge in [0.1, 0.15) is 5.76 Å². The van der Waals surface area contributed by atoms with Gasteiger partial charge >= 0.3 is 0 Å². The fourth-order valence-corrected chi connectivity index (χ4v) is 1.14. The van der Waals surface area contributed by atoms with Crippen LogP contribution in [0.15, 0.2) is 35.6 Å². The number of carbonyl (C=O) groups excluding carboxylic acids is 1. The second kappa shape index (κ2) is 3.39. The van der Waals surface area contributed by atoms with Gasteiger partial charge in [0.2, 0.25) is 0 Å². The molecular weight excluding hydrogens is 152 g/mol. The van der Waals surface area contributed by atoms with E-state index >= 15 is 0 Å². The van der Waals surface area contributed by atoms with E-state index in [1.165, 1.54) is 6.08 Å². The highest BCUT2D eigenvalue weighted by Crippen LogP contribution is 2.26. The average Bonchev–Trinajstić information content (AvgIpc) is 2.35. The van der Waals surface area contributed by atoms with Crippen LogP contribution in [0.5, 0.6) is 0 Å². The van der Waals surface area contributed by atoms with Crippen LogP contribution >= 0.6 is 0 Å². The number of carbonyl (C=O) groups is 1. The van der Waals surface area contributed by atoms with Crippen molar-refractivity contribution >= 4 is 5.78 Å². The Labute approximate surface area is 71.9 Å². The summed E-state index contributed by atoms with van der Waals surface area (Å²) in [5, 5.41) is 9.15. The molecule has 0 aromatic heterocycles. The molecule has 0 radical (unpaired) electrons. The quantitative estimate of drug-likeness (QED) is 0.477. The van der Waals surface area contributed by atoms with Crippen molar-refractivity contribution in [3.05, 3.63) is 35.6 Å². The molecule has 12 heavy (non-hydrogen) atoms. The number of allylic oxidation sites excluding steroid dienone is 4. The molecule has 0 aromatic rings. The number of ketones is 1. The Morgan fingerprint density at radius 2 is 2.25 bits per heavy atom. The van der Waals surface area contributed by atoms with E-state index in [-0.39, 0.29) is 11.5 Å². The van der Waals surface area contributed by atoms with Crippen molar-refractivity contribution in [2.24, 2.45) is 0 Å².